The van der Waals surface area contributed by atoms with Crippen molar-refractivity contribution < 1.29 is 0 Å². The zero-order chi connectivity index (χ0) is 14.7. The molecule has 110 valence electrons. The molecule has 0 fully saturated rings. The molecule has 3 nitrogen and oxygen atoms in total. The van der Waals surface area contributed by atoms with Crippen LogP contribution in [0.2, 0.25) is 0 Å². The minimum Gasteiger partial charge on any atom is -0.312 e. The number of thiophene rings is 1. The Morgan fingerprint density at radius 3 is 3.00 bits per heavy atom. The summed E-state index contributed by atoms with van der Waals surface area (Å²) in [4.78, 5) is 2.80. The third-order valence-electron chi connectivity index (χ3n) is 3.67. The molecule has 0 spiro atoms. The quantitative estimate of drug-likeness (QED) is 0.698. The van der Waals surface area contributed by atoms with Gasteiger partial charge in [0, 0.05) is 21.7 Å². The number of benzene rings is 1. The van der Waals surface area contributed by atoms with E-state index in [0.29, 0.717) is 0 Å². The van der Waals surface area contributed by atoms with Crippen LogP contribution in [0.5, 0.6) is 0 Å². The molecule has 0 bridgehead atoms. The Labute approximate surface area is 129 Å². The number of para-hydroxylation sites is 1. The van der Waals surface area contributed by atoms with E-state index in [-0.39, 0.29) is 0 Å². The molecule has 3 aromatic rings. The van der Waals surface area contributed by atoms with Crippen LogP contribution >= 0.6 is 11.3 Å². The number of hydrogen-bond acceptors (Lipinski definition) is 3. The molecule has 0 aliphatic rings. The molecule has 0 radical (unpaired) electrons. The first-order chi connectivity index (χ1) is 10.3. The van der Waals surface area contributed by atoms with E-state index in [4.69, 9.17) is 0 Å². The van der Waals surface area contributed by atoms with Gasteiger partial charge in [0.05, 0.1) is 18.3 Å². The monoisotopic (exact) mass is 299 g/mol. The molecule has 0 amide bonds. The molecule has 2 aromatic heterocycles. The predicted molar refractivity (Wildman–Crippen MR) is 89.9 cm³/mol. The third kappa shape index (κ3) is 3.17. The van der Waals surface area contributed by atoms with Crippen LogP contribution in [-0.2, 0) is 13.1 Å². The standard InChI is InChI=1S/C17H21N3S/c1-3-8-18-11-16-9-15(13(2)21-16)12-20-17-7-5-4-6-14(17)10-19-20/h4-7,9-10,18H,3,8,11-12H2,1-2H3. The van der Waals surface area contributed by atoms with Gasteiger partial charge in [0.15, 0.2) is 0 Å². The van der Waals surface area contributed by atoms with E-state index in [0.717, 1.165) is 19.6 Å². The second-order valence-electron chi connectivity index (χ2n) is 5.33. The van der Waals surface area contributed by atoms with Crippen LogP contribution in [-0.4, -0.2) is 16.3 Å². The normalized spacial score (nSPS) is 11.3. The Bertz CT molecular complexity index is 727. The summed E-state index contributed by atoms with van der Waals surface area (Å²) in [7, 11) is 0. The van der Waals surface area contributed by atoms with Crippen molar-refractivity contribution in [2.75, 3.05) is 6.54 Å². The smallest absolute Gasteiger partial charge is 0.0686 e. The summed E-state index contributed by atoms with van der Waals surface area (Å²) < 4.78 is 2.09. The number of rotatable bonds is 6. The fraction of sp³-hybridized carbons (Fsp3) is 0.353. The molecule has 0 aliphatic carbocycles. The van der Waals surface area contributed by atoms with E-state index in [9.17, 15) is 0 Å². The molecular formula is C17H21N3S. The van der Waals surface area contributed by atoms with E-state index >= 15 is 0 Å². The van der Waals surface area contributed by atoms with Gasteiger partial charge in [-0.1, -0.05) is 25.1 Å². The van der Waals surface area contributed by atoms with E-state index in [1.807, 2.05) is 17.5 Å². The molecule has 2 heterocycles. The molecule has 0 aliphatic heterocycles. The molecule has 0 saturated carbocycles. The lowest BCUT2D eigenvalue weighted by Crippen LogP contribution is -2.12. The van der Waals surface area contributed by atoms with Crippen LogP contribution < -0.4 is 5.32 Å². The molecule has 4 heteroatoms. The lowest BCUT2D eigenvalue weighted by molar-refractivity contribution is 0.679. The summed E-state index contributed by atoms with van der Waals surface area (Å²) in [5.74, 6) is 0. The van der Waals surface area contributed by atoms with Crippen molar-refractivity contribution in [1.29, 1.82) is 0 Å². The van der Waals surface area contributed by atoms with E-state index in [2.05, 4.69) is 59.3 Å². The van der Waals surface area contributed by atoms with Crippen LogP contribution in [0.25, 0.3) is 10.9 Å². The topological polar surface area (TPSA) is 29.9 Å². The first-order valence-electron chi connectivity index (χ1n) is 7.47. The highest BCUT2D eigenvalue weighted by molar-refractivity contribution is 7.12. The number of hydrogen-bond donors (Lipinski definition) is 1. The van der Waals surface area contributed by atoms with Crippen molar-refractivity contribution >= 4 is 22.2 Å². The van der Waals surface area contributed by atoms with E-state index in [1.165, 1.54) is 32.6 Å². The van der Waals surface area contributed by atoms with Crippen molar-refractivity contribution in [3.8, 4) is 0 Å². The zero-order valence-corrected chi connectivity index (χ0v) is 13.4. The average molecular weight is 299 g/mol. The van der Waals surface area contributed by atoms with Gasteiger partial charge in [0.25, 0.3) is 0 Å². The zero-order valence-electron chi connectivity index (χ0n) is 12.6. The number of aryl methyl sites for hydroxylation is 1. The maximum absolute atomic E-state index is 4.52. The maximum atomic E-state index is 4.52. The van der Waals surface area contributed by atoms with Gasteiger partial charge in [0.2, 0.25) is 0 Å². The van der Waals surface area contributed by atoms with Gasteiger partial charge in [-0.3, -0.25) is 4.68 Å². The van der Waals surface area contributed by atoms with Crippen molar-refractivity contribution in [2.24, 2.45) is 0 Å². The van der Waals surface area contributed by atoms with Crippen LogP contribution in [0.4, 0.5) is 0 Å². The van der Waals surface area contributed by atoms with Gasteiger partial charge >= 0.3 is 0 Å². The molecule has 0 unspecified atom stereocenters. The first-order valence-corrected chi connectivity index (χ1v) is 8.29. The van der Waals surface area contributed by atoms with Crippen molar-refractivity contribution in [1.82, 2.24) is 15.1 Å². The minimum atomic E-state index is 0.851. The van der Waals surface area contributed by atoms with Crippen molar-refractivity contribution in [3.63, 3.8) is 0 Å². The fourth-order valence-corrected chi connectivity index (χ4v) is 3.56. The Hall–Kier alpha value is -1.65. The van der Waals surface area contributed by atoms with Crippen LogP contribution in [0.3, 0.4) is 0 Å². The first kappa shape index (κ1) is 14.3. The van der Waals surface area contributed by atoms with E-state index < -0.39 is 0 Å². The Kier molecular flexibility index (Phi) is 4.36. The summed E-state index contributed by atoms with van der Waals surface area (Å²) in [6, 6.07) is 10.7. The van der Waals surface area contributed by atoms with Gasteiger partial charge in [0.1, 0.15) is 0 Å². The maximum Gasteiger partial charge on any atom is 0.0686 e. The summed E-state index contributed by atoms with van der Waals surface area (Å²) in [6.45, 7) is 7.30. The van der Waals surface area contributed by atoms with E-state index in [1.54, 1.807) is 0 Å². The summed E-state index contributed by atoms with van der Waals surface area (Å²) in [5, 5.41) is 9.19. The van der Waals surface area contributed by atoms with Crippen molar-refractivity contribution in [3.05, 3.63) is 51.8 Å². The van der Waals surface area contributed by atoms with Crippen molar-refractivity contribution in [2.45, 2.75) is 33.4 Å². The summed E-state index contributed by atoms with van der Waals surface area (Å²) in [6.07, 6.45) is 3.12. The number of fused-ring (bicyclic) bond motifs is 1. The Morgan fingerprint density at radius 1 is 1.29 bits per heavy atom. The van der Waals surface area contributed by atoms with Crippen LogP contribution in [0.1, 0.15) is 28.7 Å². The van der Waals surface area contributed by atoms with Gasteiger partial charge < -0.3 is 5.32 Å². The van der Waals surface area contributed by atoms with Gasteiger partial charge in [-0.15, -0.1) is 11.3 Å². The third-order valence-corrected chi connectivity index (χ3v) is 4.76. The van der Waals surface area contributed by atoms with Crippen LogP contribution in [0, 0.1) is 6.92 Å². The Balaban J connectivity index is 1.78. The number of aromatic nitrogens is 2. The van der Waals surface area contributed by atoms with Gasteiger partial charge in [-0.05, 0) is 37.6 Å². The molecule has 21 heavy (non-hydrogen) atoms. The lowest BCUT2D eigenvalue weighted by Gasteiger charge is -2.03. The average Bonchev–Trinajstić information content (AvgIpc) is 3.05. The number of nitrogens with one attached hydrogen (secondary N) is 1. The molecule has 1 N–H and O–H groups in total. The lowest BCUT2D eigenvalue weighted by atomic mass is 10.2. The second-order valence-corrected chi connectivity index (χ2v) is 6.67. The highest BCUT2D eigenvalue weighted by atomic mass is 32.1. The largest absolute Gasteiger partial charge is 0.312 e. The number of nitrogens with zero attached hydrogens (tertiary/aromatic N) is 2. The highest BCUT2D eigenvalue weighted by Gasteiger charge is 2.08. The van der Waals surface area contributed by atoms with Gasteiger partial charge in [-0.25, -0.2) is 0 Å². The minimum absolute atomic E-state index is 0.851. The fourth-order valence-electron chi connectivity index (χ4n) is 2.53. The van der Waals surface area contributed by atoms with Gasteiger partial charge in [-0.2, -0.15) is 5.10 Å². The molecule has 0 saturated heterocycles. The molecule has 0 atom stereocenters. The predicted octanol–water partition coefficient (Wildman–Crippen LogP) is 3.95. The summed E-state index contributed by atoms with van der Waals surface area (Å²) in [5.41, 5.74) is 2.58. The Morgan fingerprint density at radius 2 is 2.14 bits per heavy atom. The molecular weight excluding hydrogens is 278 g/mol. The SMILES string of the molecule is CCCNCc1cc(Cn2ncc3ccccc32)c(C)s1. The second kappa shape index (κ2) is 6.41. The highest BCUT2D eigenvalue weighted by Crippen LogP contribution is 2.23. The summed E-state index contributed by atoms with van der Waals surface area (Å²) >= 11 is 1.89. The van der Waals surface area contributed by atoms with Crippen LogP contribution in [0.15, 0.2) is 36.5 Å². The molecule has 3 rings (SSSR count). The molecule has 1 aromatic carbocycles.